The number of carbonyl (C=O) groups is 2. The van der Waals surface area contributed by atoms with Gasteiger partial charge in [-0.3, -0.25) is 14.8 Å². The molecule has 5 rings (SSSR count). The van der Waals surface area contributed by atoms with Gasteiger partial charge in [0.05, 0.1) is 18.8 Å². The molecule has 1 aromatic heterocycles. The van der Waals surface area contributed by atoms with E-state index in [-0.39, 0.29) is 31.1 Å². The van der Waals surface area contributed by atoms with Gasteiger partial charge in [0.1, 0.15) is 5.01 Å². The van der Waals surface area contributed by atoms with Gasteiger partial charge in [-0.2, -0.15) is 0 Å². The number of aliphatic hydroxyl groups is 1. The molecule has 2 heterocycles. The fourth-order valence-electron chi connectivity index (χ4n) is 5.17. The number of thioether (sulfide) groups is 1. The first-order valence-corrected chi connectivity index (χ1v) is 17.0. The van der Waals surface area contributed by atoms with E-state index in [1.807, 2.05) is 67.6 Å². The molecule has 1 fully saturated rings. The van der Waals surface area contributed by atoms with E-state index in [1.54, 1.807) is 28.6 Å². The number of amides is 2. The lowest BCUT2D eigenvalue weighted by Gasteiger charge is -2.36. The first-order chi connectivity index (χ1) is 22.4. The second-order valence-corrected chi connectivity index (χ2v) is 13.5. The highest BCUT2D eigenvalue weighted by Crippen LogP contribution is 2.40. The van der Waals surface area contributed by atoms with Crippen molar-refractivity contribution < 1.29 is 29.4 Å². The normalized spacial score (nSPS) is 17.8. The largest absolute Gasteiger partial charge is 0.392 e. The predicted octanol–water partition coefficient (Wildman–Crippen LogP) is 6.03. The van der Waals surface area contributed by atoms with E-state index in [9.17, 15) is 14.7 Å². The van der Waals surface area contributed by atoms with Crippen LogP contribution < -0.4 is 10.8 Å². The van der Waals surface area contributed by atoms with Crippen molar-refractivity contribution in [2.24, 2.45) is 0 Å². The highest BCUT2D eigenvalue weighted by Gasteiger charge is 2.32. The molecule has 1 saturated heterocycles. The van der Waals surface area contributed by atoms with Crippen LogP contribution in [0.2, 0.25) is 0 Å². The van der Waals surface area contributed by atoms with Gasteiger partial charge in [0, 0.05) is 37.1 Å². The number of aryl methyl sites for hydroxylation is 1. The summed E-state index contributed by atoms with van der Waals surface area (Å²) < 4.78 is 14.0. The Balaban J connectivity index is 1.26. The van der Waals surface area contributed by atoms with Gasteiger partial charge in [0.15, 0.2) is 10.6 Å². The Morgan fingerprint density at radius 2 is 1.65 bits per heavy atom. The molecule has 10 nitrogen and oxygen atoms in total. The third-order valence-electron chi connectivity index (χ3n) is 7.61. The fourth-order valence-corrected chi connectivity index (χ4v) is 7.02. The highest BCUT2D eigenvalue weighted by molar-refractivity contribution is 8.01. The summed E-state index contributed by atoms with van der Waals surface area (Å²) in [7, 11) is 0. The van der Waals surface area contributed by atoms with Crippen molar-refractivity contribution in [2.75, 3.05) is 5.75 Å². The topological polar surface area (TPSA) is 143 Å². The van der Waals surface area contributed by atoms with Crippen molar-refractivity contribution in [2.45, 2.75) is 75.0 Å². The van der Waals surface area contributed by atoms with Crippen molar-refractivity contribution in [3.05, 3.63) is 100 Å². The maximum atomic E-state index is 12.3. The van der Waals surface area contributed by atoms with Gasteiger partial charge in [0.25, 0.3) is 0 Å². The van der Waals surface area contributed by atoms with Crippen LogP contribution in [-0.2, 0) is 32.2 Å². The molecule has 46 heavy (non-hydrogen) atoms. The monoisotopic (exact) mass is 662 g/mol. The van der Waals surface area contributed by atoms with Gasteiger partial charge in [-0.1, -0.05) is 83.8 Å². The zero-order chi connectivity index (χ0) is 32.3. The molecule has 3 atom stereocenters. The lowest BCUT2D eigenvalue weighted by atomic mass is 9.99. The number of ether oxygens (including phenoxy) is 2. The van der Waals surface area contributed by atoms with Crippen LogP contribution in [0.3, 0.4) is 0 Å². The van der Waals surface area contributed by atoms with Gasteiger partial charge in [-0.05, 0) is 59.7 Å². The molecule has 0 radical (unpaired) electrons. The number of hydrogen-bond acceptors (Lipinski definition) is 10. The third-order valence-corrected chi connectivity index (χ3v) is 9.71. The van der Waals surface area contributed by atoms with Crippen molar-refractivity contribution in [3.63, 3.8) is 0 Å². The molecule has 1 aliphatic heterocycles. The SMILES string of the molecule is Cc1nnc(SC[C@H]2C[C@@H](c3ccc(CO)cc3)O[C@@H](c3cccc(-c4cccc(CNC(=O)CCCCC(=O)NO)c4)c3)O2)s1. The van der Waals surface area contributed by atoms with E-state index in [0.717, 1.165) is 42.7 Å². The van der Waals surface area contributed by atoms with Crippen LogP contribution in [0.1, 0.15) is 71.8 Å². The fraction of sp³-hybridized carbons (Fsp3) is 0.353. The lowest BCUT2D eigenvalue weighted by Crippen LogP contribution is -2.31. The number of hydroxylamine groups is 1. The Morgan fingerprint density at radius 1 is 0.913 bits per heavy atom. The highest BCUT2D eigenvalue weighted by atomic mass is 32.2. The minimum Gasteiger partial charge on any atom is -0.392 e. The standard InChI is InChI=1S/C34H38N4O6S2/c1-22-36-37-34(46-22)45-21-29-18-30(25-14-12-23(20-39)13-15-25)44-33(43-29)28-9-5-8-27(17-28)26-7-4-6-24(16-26)19-35-31(40)10-2-3-11-32(41)38-42/h4-9,12-17,29-30,33,39,42H,2-3,10-11,18-21H2,1H3,(H,35,40)(H,38,41)/t29-,30+,33+/m1/s1. The third kappa shape index (κ3) is 9.68. The Labute approximate surface area is 276 Å². The lowest BCUT2D eigenvalue weighted by molar-refractivity contribution is -0.245. The number of unbranched alkanes of at least 4 members (excludes halogenated alkanes) is 1. The average Bonchev–Trinajstić information content (AvgIpc) is 3.53. The molecule has 4 N–H and O–H groups in total. The second kappa shape index (κ2) is 16.8. The van der Waals surface area contributed by atoms with Crippen molar-refractivity contribution >= 4 is 34.9 Å². The first-order valence-electron chi connectivity index (χ1n) is 15.2. The Morgan fingerprint density at radius 3 is 2.37 bits per heavy atom. The molecule has 2 amide bonds. The molecule has 242 valence electrons. The predicted molar refractivity (Wildman–Crippen MR) is 176 cm³/mol. The number of rotatable bonds is 14. The van der Waals surface area contributed by atoms with Gasteiger partial charge in [0.2, 0.25) is 11.8 Å². The number of aliphatic hydroxyl groups excluding tert-OH is 1. The summed E-state index contributed by atoms with van der Waals surface area (Å²) >= 11 is 3.21. The second-order valence-electron chi connectivity index (χ2n) is 11.1. The molecule has 0 spiro atoms. The maximum absolute atomic E-state index is 12.3. The summed E-state index contributed by atoms with van der Waals surface area (Å²) in [4.78, 5) is 23.4. The van der Waals surface area contributed by atoms with Gasteiger partial charge < -0.3 is 19.9 Å². The summed E-state index contributed by atoms with van der Waals surface area (Å²) in [5.74, 6) is 0.179. The van der Waals surface area contributed by atoms with E-state index >= 15 is 0 Å². The minimum absolute atomic E-state index is 0.00811. The molecule has 12 heteroatoms. The summed E-state index contributed by atoms with van der Waals surface area (Å²) in [6.45, 7) is 2.33. The Hall–Kier alpha value is -3.65. The molecular formula is C34H38N4O6S2. The summed E-state index contributed by atoms with van der Waals surface area (Å²) in [5.41, 5.74) is 7.38. The number of aromatic nitrogens is 2. The number of carbonyl (C=O) groups excluding carboxylic acids is 2. The summed E-state index contributed by atoms with van der Waals surface area (Å²) in [6.07, 6.45) is 1.42. The number of nitrogens with one attached hydrogen (secondary N) is 2. The summed E-state index contributed by atoms with van der Waals surface area (Å²) in [6, 6.07) is 24.0. The molecule has 0 unspecified atom stereocenters. The zero-order valence-corrected chi connectivity index (χ0v) is 27.2. The van der Waals surface area contributed by atoms with Crippen LogP contribution in [0, 0.1) is 6.92 Å². The van der Waals surface area contributed by atoms with Crippen molar-refractivity contribution in [1.82, 2.24) is 21.0 Å². The van der Waals surface area contributed by atoms with Crippen molar-refractivity contribution in [3.8, 4) is 11.1 Å². The smallest absolute Gasteiger partial charge is 0.243 e. The first kappa shape index (κ1) is 33.7. The molecular weight excluding hydrogens is 625 g/mol. The van der Waals surface area contributed by atoms with Crippen molar-refractivity contribution in [1.29, 1.82) is 0 Å². The quantitative estimate of drug-likeness (QED) is 0.0551. The molecule has 1 aliphatic rings. The maximum Gasteiger partial charge on any atom is 0.243 e. The number of nitrogens with zero attached hydrogens (tertiary/aromatic N) is 2. The van der Waals surface area contributed by atoms with E-state index in [2.05, 4.69) is 27.6 Å². The average molecular weight is 663 g/mol. The van der Waals surface area contributed by atoms with E-state index in [4.69, 9.17) is 14.7 Å². The van der Waals surface area contributed by atoms with Gasteiger partial charge in [-0.15, -0.1) is 10.2 Å². The molecule has 0 bridgehead atoms. The zero-order valence-electron chi connectivity index (χ0n) is 25.6. The minimum atomic E-state index is -0.580. The Bertz CT molecular complexity index is 1600. The van der Waals surface area contributed by atoms with E-state index in [0.29, 0.717) is 38.0 Å². The van der Waals surface area contributed by atoms with Crippen LogP contribution in [0.4, 0.5) is 0 Å². The van der Waals surface area contributed by atoms with E-state index < -0.39 is 12.2 Å². The van der Waals surface area contributed by atoms with Gasteiger partial charge in [-0.25, -0.2) is 5.48 Å². The van der Waals surface area contributed by atoms with Crippen LogP contribution in [0.5, 0.6) is 0 Å². The van der Waals surface area contributed by atoms with Gasteiger partial charge >= 0.3 is 0 Å². The Kier molecular flexibility index (Phi) is 12.3. The van der Waals surface area contributed by atoms with Crippen LogP contribution >= 0.6 is 23.1 Å². The van der Waals surface area contributed by atoms with Crippen LogP contribution in [0.15, 0.2) is 77.1 Å². The number of benzene rings is 3. The van der Waals surface area contributed by atoms with E-state index in [1.165, 1.54) is 0 Å². The molecule has 0 aliphatic carbocycles. The number of hydrogen-bond donors (Lipinski definition) is 4. The van der Waals surface area contributed by atoms with Crippen LogP contribution in [0.25, 0.3) is 11.1 Å². The molecule has 0 saturated carbocycles. The van der Waals surface area contributed by atoms with Crippen LogP contribution in [-0.4, -0.2) is 44.2 Å². The summed E-state index contributed by atoms with van der Waals surface area (Å²) in [5, 5.41) is 30.3. The molecule has 3 aromatic carbocycles. The molecule has 4 aromatic rings.